The van der Waals surface area contributed by atoms with Crippen LogP contribution in [0.15, 0.2) is 72.9 Å². The van der Waals surface area contributed by atoms with Crippen molar-refractivity contribution in [1.82, 2.24) is 15.5 Å². The molecule has 5 heteroatoms. The highest BCUT2D eigenvalue weighted by Gasteiger charge is 2.04. The van der Waals surface area contributed by atoms with Gasteiger partial charge in [-0.25, -0.2) is 4.79 Å². The molecule has 0 atom stereocenters. The first-order chi connectivity index (χ1) is 12.8. The second kappa shape index (κ2) is 9.22. The summed E-state index contributed by atoms with van der Waals surface area (Å²) in [6, 6.07) is 19.7. The van der Waals surface area contributed by atoms with Crippen LogP contribution >= 0.6 is 0 Å². The molecule has 26 heavy (non-hydrogen) atoms. The van der Waals surface area contributed by atoms with Gasteiger partial charge in [0.25, 0.3) is 0 Å². The van der Waals surface area contributed by atoms with Gasteiger partial charge in [0.05, 0.1) is 11.9 Å². The van der Waals surface area contributed by atoms with Crippen molar-refractivity contribution in [3.05, 3.63) is 84.1 Å². The van der Waals surface area contributed by atoms with Gasteiger partial charge in [-0.15, -0.1) is 0 Å². The van der Waals surface area contributed by atoms with Crippen molar-refractivity contribution < 1.29 is 9.53 Å². The number of alkyl carbamates (subject to hydrolysis) is 1. The standard InChI is InChI=1S/C21H21N3O2/c25-21(26-16-17-9-3-1-4-10-17)22-14-8-7-13-19-15-23-24-20(19)18-11-5-2-6-12-18/h1-7,9-13,15H,8,14,16H2,(H,22,25)(H,23,24). The smallest absolute Gasteiger partial charge is 0.407 e. The van der Waals surface area contributed by atoms with E-state index in [0.717, 1.165) is 22.4 Å². The number of benzene rings is 2. The van der Waals surface area contributed by atoms with Crippen LogP contribution in [-0.2, 0) is 11.3 Å². The van der Waals surface area contributed by atoms with E-state index in [9.17, 15) is 4.79 Å². The summed E-state index contributed by atoms with van der Waals surface area (Å²) < 4.78 is 5.17. The zero-order valence-electron chi connectivity index (χ0n) is 14.4. The second-order valence-corrected chi connectivity index (χ2v) is 5.75. The molecule has 0 radical (unpaired) electrons. The Balaban J connectivity index is 1.41. The van der Waals surface area contributed by atoms with Crippen LogP contribution in [0.25, 0.3) is 17.3 Å². The fourth-order valence-corrected chi connectivity index (χ4v) is 2.50. The number of hydrogen-bond acceptors (Lipinski definition) is 3. The first-order valence-corrected chi connectivity index (χ1v) is 8.53. The highest BCUT2D eigenvalue weighted by molar-refractivity contribution is 5.71. The molecule has 132 valence electrons. The van der Waals surface area contributed by atoms with E-state index in [1.165, 1.54) is 0 Å². The number of carbonyl (C=O) groups excluding carboxylic acids is 1. The first kappa shape index (κ1) is 17.5. The summed E-state index contributed by atoms with van der Waals surface area (Å²) in [5.74, 6) is 0. The first-order valence-electron chi connectivity index (χ1n) is 8.53. The number of rotatable bonds is 7. The maximum Gasteiger partial charge on any atom is 0.407 e. The summed E-state index contributed by atoms with van der Waals surface area (Å²) in [7, 11) is 0. The molecule has 0 aliphatic rings. The molecule has 1 amide bonds. The van der Waals surface area contributed by atoms with E-state index in [0.29, 0.717) is 13.0 Å². The summed E-state index contributed by atoms with van der Waals surface area (Å²) in [6.07, 6.45) is 6.10. The van der Waals surface area contributed by atoms with Crippen LogP contribution < -0.4 is 5.32 Å². The van der Waals surface area contributed by atoms with E-state index < -0.39 is 6.09 Å². The van der Waals surface area contributed by atoms with Crippen LogP contribution in [0.4, 0.5) is 4.79 Å². The van der Waals surface area contributed by atoms with Crippen molar-refractivity contribution in [1.29, 1.82) is 0 Å². The molecule has 0 aliphatic heterocycles. The van der Waals surface area contributed by atoms with Gasteiger partial charge in [0, 0.05) is 17.7 Å². The molecule has 1 heterocycles. The molecule has 3 aromatic rings. The van der Waals surface area contributed by atoms with Gasteiger partial charge in [-0.05, 0) is 12.0 Å². The third-order valence-electron chi connectivity index (χ3n) is 3.82. The lowest BCUT2D eigenvalue weighted by Crippen LogP contribution is -2.24. The molecule has 0 bridgehead atoms. The van der Waals surface area contributed by atoms with E-state index in [-0.39, 0.29) is 6.61 Å². The molecule has 0 aliphatic carbocycles. The SMILES string of the molecule is O=C(NCCC=Cc1cn[nH]c1-c1ccccc1)OCc1ccccc1. The van der Waals surface area contributed by atoms with Crippen molar-refractivity contribution in [2.45, 2.75) is 13.0 Å². The number of nitrogens with one attached hydrogen (secondary N) is 2. The quantitative estimate of drug-likeness (QED) is 0.622. The minimum Gasteiger partial charge on any atom is -0.445 e. The van der Waals surface area contributed by atoms with E-state index in [1.54, 1.807) is 6.20 Å². The number of hydrogen-bond donors (Lipinski definition) is 2. The number of carbonyl (C=O) groups is 1. The average molecular weight is 347 g/mol. The molecule has 2 aromatic carbocycles. The molecule has 5 nitrogen and oxygen atoms in total. The summed E-state index contributed by atoms with van der Waals surface area (Å²) in [5, 5.41) is 9.88. The van der Waals surface area contributed by atoms with Crippen molar-refractivity contribution in [2.75, 3.05) is 6.54 Å². The van der Waals surface area contributed by atoms with Crippen molar-refractivity contribution in [2.24, 2.45) is 0 Å². The summed E-state index contributed by atoms with van der Waals surface area (Å²) >= 11 is 0. The number of H-pyrrole nitrogens is 1. The zero-order valence-corrected chi connectivity index (χ0v) is 14.4. The number of nitrogens with zero attached hydrogens (tertiary/aromatic N) is 1. The number of aromatic nitrogens is 2. The molecule has 2 N–H and O–H groups in total. The zero-order chi connectivity index (χ0) is 18.0. The third kappa shape index (κ3) is 5.08. The van der Waals surface area contributed by atoms with Crippen molar-refractivity contribution >= 4 is 12.2 Å². The maximum atomic E-state index is 11.7. The molecule has 0 saturated carbocycles. The molecule has 1 aromatic heterocycles. The van der Waals surface area contributed by atoms with Crippen LogP contribution in [0.1, 0.15) is 17.5 Å². The molecule has 0 unspecified atom stereocenters. The van der Waals surface area contributed by atoms with Gasteiger partial charge in [0.1, 0.15) is 6.61 Å². The van der Waals surface area contributed by atoms with E-state index in [4.69, 9.17) is 4.74 Å². The normalized spacial score (nSPS) is 10.8. The third-order valence-corrected chi connectivity index (χ3v) is 3.82. The fourth-order valence-electron chi connectivity index (χ4n) is 2.50. The second-order valence-electron chi connectivity index (χ2n) is 5.75. The summed E-state index contributed by atoms with van der Waals surface area (Å²) in [5.41, 5.74) is 4.06. The van der Waals surface area contributed by atoms with E-state index in [2.05, 4.69) is 15.5 Å². The minimum absolute atomic E-state index is 0.276. The van der Waals surface area contributed by atoms with Crippen LogP contribution in [0.2, 0.25) is 0 Å². The largest absolute Gasteiger partial charge is 0.445 e. The van der Waals surface area contributed by atoms with Crippen molar-refractivity contribution in [3.63, 3.8) is 0 Å². The number of aromatic amines is 1. The Hall–Kier alpha value is -3.34. The molecule has 0 spiro atoms. The topological polar surface area (TPSA) is 67.0 Å². The van der Waals surface area contributed by atoms with E-state index >= 15 is 0 Å². The number of ether oxygens (including phenoxy) is 1. The Morgan fingerprint density at radius 1 is 1.08 bits per heavy atom. The highest BCUT2D eigenvalue weighted by Crippen LogP contribution is 2.21. The lowest BCUT2D eigenvalue weighted by atomic mass is 10.1. The molecule has 0 fully saturated rings. The lowest BCUT2D eigenvalue weighted by molar-refractivity contribution is 0.140. The Kier molecular flexibility index (Phi) is 6.20. The lowest BCUT2D eigenvalue weighted by Gasteiger charge is -2.05. The average Bonchev–Trinajstić information content (AvgIpc) is 3.16. The predicted molar refractivity (Wildman–Crippen MR) is 102 cm³/mol. The van der Waals surface area contributed by atoms with Crippen LogP contribution in [0, 0.1) is 0 Å². The monoisotopic (exact) mass is 347 g/mol. The Morgan fingerprint density at radius 3 is 2.58 bits per heavy atom. The van der Waals surface area contributed by atoms with Crippen LogP contribution in [0.5, 0.6) is 0 Å². The van der Waals surface area contributed by atoms with Gasteiger partial charge >= 0.3 is 6.09 Å². The molecule has 0 saturated heterocycles. The summed E-state index contributed by atoms with van der Waals surface area (Å²) in [4.78, 5) is 11.7. The Labute approximate surface area is 152 Å². The molecular weight excluding hydrogens is 326 g/mol. The van der Waals surface area contributed by atoms with Crippen LogP contribution in [0.3, 0.4) is 0 Å². The van der Waals surface area contributed by atoms with Gasteiger partial charge in [0.15, 0.2) is 0 Å². The van der Waals surface area contributed by atoms with Crippen molar-refractivity contribution in [3.8, 4) is 11.3 Å². The Morgan fingerprint density at radius 2 is 1.81 bits per heavy atom. The molecular formula is C21H21N3O2. The minimum atomic E-state index is -0.407. The highest BCUT2D eigenvalue weighted by atomic mass is 16.5. The maximum absolute atomic E-state index is 11.7. The van der Waals surface area contributed by atoms with Gasteiger partial charge in [-0.1, -0.05) is 72.8 Å². The van der Waals surface area contributed by atoms with E-state index in [1.807, 2.05) is 72.8 Å². The van der Waals surface area contributed by atoms with Gasteiger partial charge in [-0.2, -0.15) is 5.10 Å². The van der Waals surface area contributed by atoms with Gasteiger partial charge in [-0.3, -0.25) is 5.10 Å². The van der Waals surface area contributed by atoms with Crippen LogP contribution in [-0.4, -0.2) is 22.8 Å². The summed E-state index contributed by atoms with van der Waals surface area (Å²) in [6.45, 7) is 0.792. The molecule has 3 rings (SSSR count). The fraction of sp³-hybridized carbons (Fsp3) is 0.143. The van der Waals surface area contributed by atoms with Gasteiger partial charge in [0.2, 0.25) is 0 Å². The Bertz CT molecular complexity index is 842. The number of amides is 1. The van der Waals surface area contributed by atoms with Gasteiger partial charge < -0.3 is 10.1 Å². The predicted octanol–water partition coefficient (Wildman–Crippen LogP) is 4.41.